The van der Waals surface area contributed by atoms with Crippen molar-refractivity contribution in [2.45, 2.75) is 224 Å². The van der Waals surface area contributed by atoms with Gasteiger partial charge in [0, 0.05) is 21.1 Å². The van der Waals surface area contributed by atoms with Gasteiger partial charge in [-0.1, -0.05) is 85.1 Å². The van der Waals surface area contributed by atoms with Crippen molar-refractivity contribution in [2.75, 3.05) is 0 Å². The summed E-state index contributed by atoms with van der Waals surface area (Å²) in [4.78, 5) is 0. The third-order valence-corrected chi connectivity index (χ3v) is 24.4. The van der Waals surface area contributed by atoms with Crippen LogP contribution in [-0.4, -0.2) is 65.8 Å². The van der Waals surface area contributed by atoms with Gasteiger partial charge < -0.3 is 18.4 Å². The largest absolute Gasteiger partial charge is 0.438 e. The summed E-state index contributed by atoms with van der Waals surface area (Å²) in [7, 11) is -7.21. The minimum atomic E-state index is -6.12. The molecule has 0 aromatic rings. The van der Waals surface area contributed by atoms with Crippen molar-refractivity contribution in [1.29, 1.82) is 0 Å². The summed E-state index contributed by atoms with van der Waals surface area (Å²) in [6, 6.07) is 0. The summed E-state index contributed by atoms with van der Waals surface area (Å²) in [6.45, 7) is 27.8. The molecule has 3 saturated carbocycles. The normalized spacial score (nSPS) is 29.4. The Kier molecular flexibility index (Phi) is 13.5. The van der Waals surface area contributed by atoms with Crippen molar-refractivity contribution in [2.24, 2.45) is 23.2 Å². The van der Waals surface area contributed by atoms with Crippen molar-refractivity contribution >= 4 is 25.0 Å². The molecule has 0 spiro atoms. The number of hydrogen-bond acceptors (Lipinski definition) is 4. The second-order valence-electron chi connectivity index (χ2n) is 22.3. The van der Waals surface area contributed by atoms with Crippen LogP contribution in [0.4, 0.5) is 26.3 Å². The lowest BCUT2D eigenvalue weighted by molar-refractivity contribution is -0.343. The predicted molar refractivity (Wildman–Crippen MR) is 242 cm³/mol. The minimum absolute atomic E-state index is 0.00815. The molecule has 0 radical (unpaired) electrons. The summed E-state index contributed by atoms with van der Waals surface area (Å²) in [5.74, 6) is 2.29. The molecule has 4 nitrogen and oxygen atoms in total. The van der Waals surface area contributed by atoms with Gasteiger partial charge in [-0.3, -0.25) is 0 Å². The van der Waals surface area contributed by atoms with Crippen LogP contribution in [0.5, 0.6) is 0 Å². The highest BCUT2D eigenvalue weighted by Crippen LogP contribution is 2.60. The number of aliphatic hydroxyl groups is 1. The van der Waals surface area contributed by atoms with E-state index in [0.29, 0.717) is 25.7 Å². The quantitative estimate of drug-likeness (QED) is 0.114. The van der Waals surface area contributed by atoms with E-state index in [1.54, 1.807) is 19.6 Å². The summed E-state index contributed by atoms with van der Waals surface area (Å²) in [5.41, 5.74) is -5.11. The van der Waals surface area contributed by atoms with E-state index in [1.807, 2.05) is 0 Å². The minimum Gasteiger partial charge on any atom is -0.413 e. The Balaban J connectivity index is 2.11. The average Bonchev–Trinajstić information content (AvgIpc) is 3.44. The lowest BCUT2D eigenvalue weighted by atomic mass is 9.60. The molecule has 1 N–H and O–H groups in total. The Labute approximate surface area is 372 Å². The molecule has 0 saturated heterocycles. The molecular weight excluding hydrogens is 827 g/mol. The molecule has 6 atom stereocenters. The summed E-state index contributed by atoms with van der Waals surface area (Å²) in [5, 5.41) is 9.87. The third kappa shape index (κ3) is 12.8. The van der Waals surface area contributed by atoms with Gasteiger partial charge in [-0.05, 0) is 161 Å². The molecule has 346 valence electrons. The monoisotopic (exact) mass is 913 g/mol. The first kappa shape index (κ1) is 44.1. The van der Waals surface area contributed by atoms with Crippen molar-refractivity contribution in [3.05, 3.63) is 35.5 Å². The zero-order chi connectivity index (χ0) is 51.3. The molecule has 0 unspecified atom stereocenters. The second kappa shape index (κ2) is 18.4. The number of rotatable bonds is 13. The first-order valence-corrected chi connectivity index (χ1v) is 31.0. The van der Waals surface area contributed by atoms with Gasteiger partial charge in [0.2, 0.25) is 0 Å². The fourth-order valence-corrected chi connectivity index (χ4v) is 12.9. The molecule has 0 amide bonds. The molecule has 3 aliphatic rings. The summed E-state index contributed by atoms with van der Waals surface area (Å²) in [6.07, 6.45) is -4.24. The van der Waals surface area contributed by atoms with Crippen LogP contribution < -0.4 is 0 Å². The van der Waals surface area contributed by atoms with Crippen LogP contribution in [-0.2, 0) is 13.3 Å². The fraction of sp³-hybridized carbons (Fsp3) is 0.830. The highest BCUT2D eigenvalue weighted by atomic mass is 28.4. The molecule has 13 heteroatoms. The highest BCUT2D eigenvalue weighted by molar-refractivity contribution is 6.74. The number of halogens is 6. The number of alkyl halides is 6. The maximum absolute atomic E-state index is 13.7. The lowest BCUT2D eigenvalue weighted by Gasteiger charge is -2.46. The molecule has 3 rings (SSSR count). The van der Waals surface area contributed by atoms with Gasteiger partial charge in [-0.2, -0.15) is 26.3 Å². The number of allylic oxidation sites excluding steroid dienone is 3. The molecule has 0 aliphatic heterocycles. The molecule has 0 aromatic carbocycles. The van der Waals surface area contributed by atoms with E-state index in [4.69, 9.17) is 21.5 Å². The van der Waals surface area contributed by atoms with Crippen LogP contribution in [0.1, 0.15) is 141 Å². The lowest BCUT2D eigenvalue weighted by Crippen LogP contribution is -2.55. The predicted octanol–water partition coefficient (Wildman–Crippen LogP) is 14.9. The first-order valence-electron chi connectivity index (χ1n) is 24.8. The van der Waals surface area contributed by atoms with E-state index in [0.717, 1.165) is 36.3 Å². The zero-order valence-corrected chi connectivity index (χ0v) is 42.0. The second-order valence-corrected chi connectivity index (χ2v) is 36.2. The number of hydrogen-bond donors (Lipinski definition) is 1. The van der Waals surface area contributed by atoms with Gasteiger partial charge in [-0.15, -0.1) is 0 Å². The Morgan fingerprint density at radius 3 is 1.98 bits per heavy atom. The van der Waals surface area contributed by atoms with Gasteiger partial charge in [0.25, 0.3) is 0 Å². The van der Waals surface area contributed by atoms with Crippen LogP contribution >= 0.6 is 0 Å². The molecule has 0 aromatic heterocycles. The maximum atomic E-state index is 13.7. The Hall–Kier alpha value is -1.15. The maximum Gasteiger partial charge on any atom is 0.438 e. The van der Waals surface area contributed by atoms with Crippen LogP contribution in [0, 0.1) is 35.0 Å². The Morgan fingerprint density at radius 1 is 0.900 bits per heavy atom. The molecular formula is C47H80F6O4Si3. The van der Waals surface area contributed by atoms with Gasteiger partial charge in [0.1, 0.15) is 0 Å². The van der Waals surface area contributed by atoms with Crippen LogP contribution in [0.2, 0.25) is 55.9 Å². The van der Waals surface area contributed by atoms with E-state index < -0.39 is 86.4 Å². The van der Waals surface area contributed by atoms with Crippen LogP contribution in [0.25, 0.3) is 0 Å². The van der Waals surface area contributed by atoms with E-state index in [1.165, 1.54) is 5.57 Å². The Morgan fingerprint density at radius 2 is 1.47 bits per heavy atom. The first-order chi connectivity index (χ1) is 29.3. The Bertz CT molecular complexity index is 1820. The molecule has 3 aliphatic carbocycles. The SMILES string of the molecule is [2H]C([2H])([2H])C(CCC[C@H](CC#CC(O)(C(F)(F)F)C(F)(F)F)[C@H]1CC[C@H]2/C(=C/C=C3/C[C@@H](O[Si](C)(C)C(C)(C)C)C[C@H](O[Si](C)(C)C(C)(C)C)C3=C)CCC[C@]12C)(O[Si](C)(C)C)C([2H])([2H])[2H]. The van der Waals surface area contributed by atoms with Gasteiger partial charge in [0.05, 0.1) is 17.8 Å². The molecule has 0 bridgehead atoms. The molecule has 60 heavy (non-hydrogen) atoms. The molecule has 3 fully saturated rings. The summed E-state index contributed by atoms with van der Waals surface area (Å²) < 4.78 is 153. The topological polar surface area (TPSA) is 47.9 Å². The van der Waals surface area contributed by atoms with Gasteiger partial charge in [0.15, 0.2) is 25.0 Å². The number of fused-ring (bicyclic) bond motifs is 1. The van der Waals surface area contributed by atoms with Gasteiger partial charge in [-0.25, -0.2) is 0 Å². The fourth-order valence-electron chi connectivity index (χ4n) is 9.06. The van der Waals surface area contributed by atoms with Gasteiger partial charge >= 0.3 is 18.0 Å². The van der Waals surface area contributed by atoms with Crippen molar-refractivity contribution < 1.29 is 53.0 Å². The van der Waals surface area contributed by atoms with Crippen LogP contribution in [0.15, 0.2) is 35.5 Å². The van der Waals surface area contributed by atoms with Crippen molar-refractivity contribution in [3.63, 3.8) is 0 Å². The van der Waals surface area contributed by atoms with E-state index in [9.17, 15) is 31.4 Å². The van der Waals surface area contributed by atoms with E-state index in [-0.39, 0.29) is 47.0 Å². The van der Waals surface area contributed by atoms with E-state index >= 15 is 0 Å². The zero-order valence-electron chi connectivity index (χ0n) is 45.0. The van der Waals surface area contributed by atoms with Crippen LogP contribution in [0.3, 0.4) is 0 Å². The van der Waals surface area contributed by atoms with Crippen molar-refractivity contribution in [3.8, 4) is 11.8 Å². The standard InChI is InChI=1S/C47H80F6O4Si3/c1-33-36(31-37(55-59(14,15)41(2,3)4)32-40(33)56-60(16,17)42(5,6)7)25-24-35-22-19-29-44(10)38(26-27-39(35)44)34(21-18-28-43(8,9)57-58(11,12)13)23-20-30-45(54,46(48,49)50)47(51,52)53/h24-25,34,37-40,54H,1,18-19,21-23,26-29,31-32H2,2-17H3/b35-24+,36-25-/t34-,37-,38-,39+,40+,44-/m1/s1/i8D3,9D3. The molecule has 0 heterocycles. The van der Waals surface area contributed by atoms with Crippen molar-refractivity contribution in [1.82, 2.24) is 0 Å². The third-order valence-electron chi connectivity index (χ3n) is 14.4. The summed E-state index contributed by atoms with van der Waals surface area (Å²) >= 11 is 0. The highest BCUT2D eigenvalue weighted by Gasteiger charge is 2.70. The average molecular weight is 913 g/mol. The van der Waals surface area contributed by atoms with E-state index in [2.05, 4.69) is 99.3 Å². The smallest absolute Gasteiger partial charge is 0.413 e.